The van der Waals surface area contributed by atoms with E-state index >= 15 is 0 Å². The molecule has 3 heteroatoms. The molecule has 1 aromatic heterocycles. The van der Waals surface area contributed by atoms with Crippen LogP contribution < -0.4 is 5.32 Å². The Hall–Kier alpha value is -1.41. The number of nitrogens with zero attached hydrogens (tertiary/aromatic N) is 1. The van der Waals surface area contributed by atoms with E-state index in [1.807, 2.05) is 12.1 Å². The molecule has 19 heavy (non-hydrogen) atoms. The number of hydrogen-bond donors (Lipinski definition) is 1. The zero-order chi connectivity index (χ0) is 13.5. The minimum absolute atomic E-state index is 0.237. The molecule has 1 atom stereocenters. The molecule has 0 amide bonds. The molecule has 0 aliphatic heterocycles. The van der Waals surface area contributed by atoms with Crippen molar-refractivity contribution >= 4 is 26.4 Å². The molecule has 0 aliphatic carbocycles. The van der Waals surface area contributed by atoms with Crippen molar-refractivity contribution < 1.29 is 0 Å². The van der Waals surface area contributed by atoms with Gasteiger partial charge < -0.3 is 5.32 Å². The molecule has 1 heterocycles. The lowest BCUT2D eigenvalue weighted by Crippen LogP contribution is -2.18. The monoisotopic (exact) mass is 272 g/mol. The first-order valence-corrected chi connectivity index (χ1v) is 8.15. The molecule has 0 fully saturated rings. The largest absolute Gasteiger partial charge is 0.310 e. The van der Waals surface area contributed by atoms with E-state index in [0.29, 0.717) is 0 Å². The summed E-state index contributed by atoms with van der Waals surface area (Å²) in [6.45, 7) is 7.75. The number of benzene rings is 1. The molecule has 0 spiro atoms. The van der Waals surface area contributed by atoms with Crippen molar-refractivity contribution in [3.63, 3.8) is 0 Å². The van der Waals surface area contributed by atoms with Gasteiger partial charge in [-0.15, -0.1) is 10.5 Å². The van der Waals surface area contributed by atoms with Crippen LogP contribution in [0.4, 0.5) is 0 Å². The summed E-state index contributed by atoms with van der Waals surface area (Å²) in [6.07, 6.45) is 0. The maximum Gasteiger partial charge on any atom is 0.0705 e. The highest BCUT2D eigenvalue weighted by atomic mass is 32.2. The van der Waals surface area contributed by atoms with Crippen LogP contribution in [-0.2, 0) is 6.54 Å². The van der Waals surface area contributed by atoms with E-state index in [-0.39, 0.29) is 10.5 Å². The van der Waals surface area contributed by atoms with Gasteiger partial charge in [-0.05, 0) is 17.9 Å². The van der Waals surface area contributed by atoms with Crippen molar-refractivity contribution in [1.82, 2.24) is 10.3 Å². The van der Waals surface area contributed by atoms with Gasteiger partial charge in [0.05, 0.1) is 11.2 Å². The molecule has 2 aromatic rings. The van der Waals surface area contributed by atoms with Crippen LogP contribution in [-0.4, -0.2) is 28.1 Å². The minimum atomic E-state index is 0.237. The number of aromatic nitrogens is 1. The topological polar surface area (TPSA) is 24.9 Å². The molecule has 1 unspecified atom stereocenters. The lowest BCUT2D eigenvalue weighted by molar-refractivity contribution is 0.718. The van der Waals surface area contributed by atoms with Gasteiger partial charge in [0.15, 0.2) is 0 Å². The summed E-state index contributed by atoms with van der Waals surface area (Å²) in [4.78, 5) is 4.64. The second-order valence-electron chi connectivity index (χ2n) is 4.30. The normalized spacial score (nSPS) is 12.3. The van der Waals surface area contributed by atoms with Crippen LogP contribution in [0, 0.1) is 0 Å². The van der Waals surface area contributed by atoms with E-state index in [2.05, 4.69) is 53.1 Å². The number of pyridine rings is 1. The second-order valence-corrected chi connectivity index (χ2v) is 6.56. The van der Waals surface area contributed by atoms with E-state index in [0.717, 1.165) is 35.8 Å². The Bertz CT molecular complexity index is 600. The van der Waals surface area contributed by atoms with Crippen LogP contribution in [0.5, 0.6) is 0 Å². The quantitative estimate of drug-likeness (QED) is 0.645. The highest BCUT2D eigenvalue weighted by Crippen LogP contribution is 2.11. The van der Waals surface area contributed by atoms with Crippen molar-refractivity contribution in [2.24, 2.45) is 0 Å². The predicted octanol–water partition coefficient (Wildman–Crippen LogP) is 3.20. The summed E-state index contributed by atoms with van der Waals surface area (Å²) < 4.78 is 0. The fourth-order valence-corrected chi connectivity index (χ4v) is 2.96. The number of rotatable bonds is 6. The fourth-order valence-electron chi connectivity index (χ4n) is 1.94. The van der Waals surface area contributed by atoms with Gasteiger partial charge in [-0.3, -0.25) is 4.98 Å². The Morgan fingerprint density at radius 1 is 1.26 bits per heavy atom. The summed E-state index contributed by atoms with van der Waals surface area (Å²) in [5.74, 6) is 2.26. The zero-order valence-corrected chi connectivity index (χ0v) is 12.2. The SMILES string of the molecule is C=C=S(CC)CCNCc1ccc2ccccc2n1. The van der Waals surface area contributed by atoms with Gasteiger partial charge in [-0.25, -0.2) is 0 Å². The Balaban J connectivity index is 1.89. The van der Waals surface area contributed by atoms with Crippen LogP contribution in [0.3, 0.4) is 0 Å². The molecule has 0 saturated heterocycles. The van der Waals surface area contributed by atoms with Crippen molar-refractivity contribution in [2.45, 2.75) is 13.5 Å². The lowest BCUT2D eigenvalue weighted by atomic mass is 10.2. The second kappa shape index (κ2) is 7.25. The van der Waals surface area contributed by atoms with Crippen LogP contribution in [0.2, 0.25) is 0 Å². The first-order valence-electron chi connectivity index (χ1n) is 6.59. The molecule has 0 aliphatic rings. The molecule has 2 nitrogen and oxygen atoms in total. The molecule has 0 radical (unpaired) electrons. The van der Waals surface area contributed by atoms with E-state index in [4.69, 9.17) is 0 Å². The maximum absolute atomic E-state index is 4.64. The van der Waals surface area contributed by atoms with E-state index in [1.165, 1.54) is 5.39 Å². The molecular formula is C16H20N2S. The molecular weight excluding hydrogens is 252 g/mol. The van der Waals surface area contributed by atoms with Gasteiger partial charge >= 0.3 is 0 Å². The Labute approximate surface area is 117 Å². The van der Waals surface area contributed by atoms with Crippen LogP contribution >= 0.6 is 10.5 Å². The van der Waals surface area contributed by atoms with Crippen LogP contribution in [0.1, 0.15) is 12.6 Å². The fraction of sp³-hybridized carbons (Fsp3) is 0.312. The molecule has 100 valence electrons. The third kappa shape index (κ3) is 4.03. The van der Waals surface area contributed by atoms with Crippen LogP contribution in [0.25, 0.3) is 10.9 Å². The minimum Gasteiger partial charge on any atom is -0.310 e. The highest BCUT2D eigenvalue weighted by molar-refractivity contribution is 8.14. The molecule has 1 aromatic carbocycles. The van der Waals surface area contributed by atoms with Crippen molar-refractivity contribution in [1.29, 1.82) is 0 Å². The van der Waals surface area contributed by atoms with E-state index < -0.39 is 0 Å². The van der Waals surface area contributed by atoms with Crippen molar-refractivity contribution in [3.05, 3.63) is 48.7 Å². The Morgan fingerprint density at radius 2 is 2.11 bits per heavy atom. The average Bonchev–Trinajstić information content (AvgIpc) is 2.47. The van der Waals surface area contributed by atoms with Gasteiger partial charge in [0.1, 0.15) is 0 Å². The molecule has 2 rings (SSSR count). The predicted molar refractivity (Wildman–Crippen MR) is 87.1 cm³/mol. The number of hydrogen-bond acceptors (Lipinski definition) is 2. The average molecular weight is 272 g/mol. The summed E-state index contributed by atoms with van der Waals surface area (Å²) in [6, 6.07) is 12.4. The number of nitrogens with one attached hydrogen (secondary N) is 1. The van der Waals surface area contributed by atoms with Crippen molar-refractivity contribution in [3.8, 4) is 0 Å². The number of fused-ring (bicyclic) bond motifs is 1. The summed E-state index contributed by atoms with van der Waals surface area (Å²) in [5, 5.41) is 7.73. The third-order valence-corrected chi connectivity index (χ3v) is 4.84. The van der Waals surface area contributed by atoms with Crippen LogP contribution in [0.15, 0.2) is 43.0 Å². The zero-order valence-electron chi connectivity index (χ0n) is 11.4. The highest BCUT2D eigenvalue weighted by Gasteiger charge is 1.98. The van der Waals surface area contributed by atoms with Gasteiger partial charge in [0.25, 0.3) is 0 Å². The first-order chi connectivity index (χ1) is 9.33. The molecule has 0 bridgehead atoms. The standard InChI is InChI=1S/C16H20N2S/c1-3-19(4-2)12-11-17-13-15-10-9-14-7-5-6-8-16(14)18-15/h5-10,17H,1,4,11-13H2,2H3. The van der Waals surface area contributed by atoms with E-state index in [1.54, 1.807) is 0 Å². The van der Waals surface area contributed by atoms with Gasteiger partial charge in [-0.2, -0.15) is 0 Å². The van der Waals surface area contributed by atoms with Gasteiger partial charge in [0.2, 0.25) is 0 Å². The molecule has 0 saturated carbocycles. The maximum atomic E-state index is 4.64. The number of para-hydroxylation sites is 1. The lowest BCUT2D eigenvalue weighted by Gasteiger charge is -2.06. The summed E-state index contributed by atoms with van der Waals surface area (Å²) in [7, 11) is 0.237. The van der Waals surface area contributed by atoms with E-state index in [9.17, 15) is 0 Å². The van der Waals surface area contributed by atoms with Crippen molar-refractivity contribution in [2.75, 3.05) is 18.1 Å². The Kier molecular flexibility index (Phi) is 5.34. The van der Waals surface area contributed by atoms with Gasteiger partial charge in [0, 0.05) is 24.2 Å². The third-order valence-electron chi connectivity index (χ3n) is 3.04. The summed E-state index contributed by atoms with van der Waals surface area (Å²) >= 11 is 0. The first kappa shape index (κ1) is 14.0. The van der Waals surface area contributed by atoms with Gasteiger partial charge in [-0.1, -0.05) is 42.8 Å². The summed E-state index contributed by atoms with van der Waals surface area (Å²) in [5.41, 5.74) is 2.16. The smallest absolute Gasteiger partial charge is 0.0705 e. The Morgan fingerprint density at radius 3 is 2.89 bits per heavy atom. The molecule has 1 N–H and O–H groups in total.